The molecule has 0 aliphatic heterocycles. The van der Waals surface area contributed by atoms with Crippen LogP contribution in [0.5, 0.6) is 0 Å². The van der Waals surface area contributed by atoms with Gasteiger partial charge in [0.05, 0.1) is 16.8 Å². The van der Waals surface area contributed by atoms with Crippen molar-refractivity contribution in [3.8, 4) is 0 Å². The quantitative estimate of drug-likeness (QED) is 0.854. The number of carbonyl (C=O) groups is 2. The summed E-state index contributed by atoms with van der Waals surface area (Å²) in [7, 11) is 0. The van der Waals surface area contributed by atoms with Gasteiger partial charge in [0.2, 0.25) is 5.95 Å². The summed E-state index contributed by atoms with van der Waals surface area (Å²) in [5.74, 6) is -5.16. The van der Waals surface area contributed by atoms with Crippen LogP contribution in [0.2, 0.25) is 5.02 Å². The maximum atomic E-state index is 13.5. The van der Waals surface area contributed by atoms with Gasteiger partial charge in [0.1, 0.15) is 0 Å². The molecule has 2 rings (SSSR count). The molecule has 5 nitrogen and oxygen atoms in total. The molecule has 1 heterocycles. The second-order valence-electron chi connectivity index (χ2n) is 3.91. The molecule has 0 aliphatic rings. The third-order valence-corrected chi connectivity index (χ3v) is 2.79. The molecule has 0 atom stereocenters. The van der Waals surface area contributed by atoms with Gasteiger partial charge in [-0.25, -0.2) is 14.2 Å². The number of rotatable bonds is 3. The van der Waals surface area contributed by atoms with Crippen molar-refractivity contribution in [2.45, 2.75) is 0 Å². The molecule has 0 radical (unpaired) electrons. The third kappa shape index (κ3) is 3.14. The van der Waals surface area contributed by atoms with E-state index in [2.05, 4.69) is 10.3 Å². The van der Waals surface area contributed by atoms with Gasteiger partial charge in [-0.05, 0) is 24.3 Å². The van der Waals surface area contributed by atoms with Crippen molar-refractivity contribution >= 4 is 29.2 Å². The highest BCUT2D eigenvalue weighted by Gasteiger charge is 2.19. The van der Waals surface area contributed by atoms with Crippen molar-refractivity contribution < 1.29 is 23.5 Å². The van der Waals surface area contributed by atoms with Gasteiger partial charge in [-0.15, -0.1) is 0 Å². The van der Waals surface area contributed by atoms with Gasteiger partial charge in [-0.1, -0.05) is 11.6 Å². The van der Waals surface area contributed by atoms with Crippen LogP contribution in [0.3, 0.4) is 0 Å². The Bertz CT molecular complexity index is 737. The number of hydrogen-bond donors (Lipinski definition) is 2. The lowest BCUT2D eigenvalue weighted by molar-refractivity contribution is 0.0698. The molecule has 0 bridgehead atoms. The summed E-state index contributed by atoms with van der Waals surface area (Å²) in [6.07, 6.45) is 0.920. The van der Waals surface area contributed by atoms with Crippen molar-refractivity contribution in [3.05, 3.63) is 58.4 Å². The summed E-state index contributed by atoms with van der Waals surface area (Å²) in [4.78, 5) is 26.0. The Balaban J connectivity index is 2.38. The summed E-state index contributed by atoms with van der Waals surface area (Å²) >= 11 is 5.72. The summed E-state index contributed by atoms with van der Waals surface area (Å²) < 4.78 is 26.4. The molecule has 1 aromatic carbocycles. The van der Waals surface area contributed by atoms with E-state index in [9.17, 15) is 18.4 Å². The standard InChI is InChI=1S/C13H7ClF2N2O3/c14-6-1-2-7(13(20)21)9(5-6)18-12(19)8-3-4-17-11(16)10(8)15/h1-5H,(H,18,19)(H,20,21). The van der Waals surface area contributed by atoms with Crippen molar-refractivity contribution in [2.24, 2.45) is 0 Å². The molecule has 0 aliphatic carbocycles. The minimum absolute atomic E-state index is 0.128. The monoisotopic (exact) mass is 312 g/mol. The lowest BCUT2D eigenvalue weighted by atomic mass is 10.1. The Morgan fingerprint density at radius 3 is 2.57 bits per heavy atom. The summed E-state index contributed by atoms with van der Waals surface area (Å²) in [5.41, 5.74) is -0.960. The third-order valence-electron chi connectivity index (χ3n) is 2.55. The highest BCUT2D eigenvalue weighted by atomic mass is 35.5. The number of aromatic carboxylic acids is 1. The zero-order valence-corrected chi connectivity index (χ0v) is 11.0. The fourth-order valence-corrected chi connectivity index (χ4v) is 1.76. The first kappa shape index (κ1) is 14.9. The minimum atomic E-state index is -1.42. The van der Waals surface area contributed by atoms with Gasteiger partial charge in [0.25, 0.3) is 5.91 Å². The number of nitrogens with one attached hydrogen (secondary N) is 1. The average Bonchev–Trinajstić information content (AvgIpc) is 2.41. The van der Waals surface area contributed by atoms with Crippen molar-refractivity contribution in [3.63, 3.8) is 0 Å². The number of aromatic nitrogens is 1. The highest BCUT2D eigenvalue weighted by molar-refractivity contribution is 6.31. The predicted octanol–water partition coefficient (Wildman–Crippen LogP) is 2.96. The number of carboxylic acid groups (broad SMARTS) is 1. The van der Waals surface area contributed by atoms with E-state index in [4.69, 9.17) is 16.7 Å². The number of pyridine rings is 1. The molecule has 8 heteroatoms. The predicted molar refractivity (Wildman–Crippen MR) is 70.5 cm³/mol. The van der Waals surface area contributed by atoms with Gasteiger partial charge in [0, 0.05) is 11.2 Å². The van der Waals surface area contributed by atoms with E-state index in [1.807, 2.05) is 0 Å². The maximum absolute atomic E-state index is 13.5. The van der Waals surface area contributed by atoms with Crippen LogP contribution < -0.4 is 5.32 Å². The lowest BCUT2D eigenvalue weighted by Gasteiger charge is -2.09. The van der Waals surface area contributed by atoms with Crippen LogP contribution in [0.4, 0.5) is 14.5 Å². The number of hydrogen-bond acceptors (Lipinski definition) is 3. The Kier molecular flexibility index (Phi) is 4.13. The van der Waals surface area contributed by atoms with Gasteiger partial charge >= 0.3 is 5.97 Å². The Labute approximate surface area is 122 Å². The van der Waals surface area contributed by atoms with Crippen LogP contribution >= 0.6 is 11.6 Å². The van der Waals surface area contributed by atoms with Gasteiger partial charge in [-0.3, -0.25) is 4.79 Å². The summed E-state index contributed by atoms with van der Waals surface area (Å²) in [5, 5.41) is 11.4. The first-order valence-electron chi connectivity index (χ1n) is 5.54. The fraction of sp³-hybridized carbons (Fsp3) is 0. The molecule has 1 amide bonds. The van der Waals surface area contributed by atoms with Crippen LogP contribution in [0.1, 0.15) is 20.7 Å². The van der Waals surface area contributed by atoms with E-state index in [0.717, 1.165) is 12.3 Å². The number of halogens is 3. The molecule has 0 saturated heterocycles. The molecular weight excluding hydrogens is 306 g/mol. The van der Waals surface area contributed by atoms with Crippen LogP contribution in [0, 0.1) is 11.8 Å². The van der Waals surface area contributed by atoms with Crippen LogP contribution in [-0.2, 0) is 0 Å². The zero-order valence-electron chi connectivity index (χ0n) is 10.2. The number of carboxylic acids is 1. The highest BCUT2D eigenvalue weighted by Crippen LogP contribution is 2.22. The molecule has 0 fully saturated rings. The Morgan fingerprint density at radius 2 is 1.90 bits per heavy atom. The fourth-order valence-electron chi connectivity index (χ4n) is 1.59. The van der Waals surface area contributed by atoms with Crippen LogP contribution in [-0.4, -0.2) is 22.0 Å². The molecular formula is C13H7ClF2N2O3. The normalized spacial score (nSPS) is 10.2. The topological polar surface area (TPSA) is 79.3 Å². The van der Waals surface area contributed by atoms with Gasteiger partial charge in [-0.2, -0.15) is 4.39 Å². The first-order chi connectivity index (χ1) is 9.90. The largest absolute Gasteiger partial charge is 0.478 e. The number of carbonyl (C=O) groups excluding carboxylic acids is 1. The maximum Gasteiger partial charge on any atom is 0.337 e. The summed E-state index contributed by atoms with van der Waals surface area (Å²) in [6.45, 7) is 0. The average molecular weight is 313 g/mol. The molecule has 21 heavy (non-hydrogen) atoms. The molecule has 2 N–H and O–H groups in total. The van der Waals surface area contributed by atoms with E-state index in [1.54, 1.807) is 0 Å². The number of nitrogens with zero attached hydrogens (tertiary/aromatic N) is 1. The van der Waals surface area contributed by atoms with E-state index >= 15 is 0 Å². The van der Waals surface area contributed by atoms with Crippen LogP contribution in [0.15, 0.2) is 30.5 Å². The molecule has 0 saturated carbocycles. The second kappa shape index (κ2) is 5.84. The molecule has 0 spiro atoms. The van der Waals surface area contributed by atoms with E-state index in [-0.39, 0.29) is 16.3 Å². The minimum Gasteiger partial charge on any atom is -0.478 e. The Hall–Kier alpha value is -2.54. The van der Waals surface area contributed by atoms with Crippen LogP contribution in [0.25, 0.3) is 0 Å². The van der Waals surface area contributed by atoms with Gasteiger partial charge < -0.3 is 10.4 Å². The van der Waals surface area contributed by atoms with Crippen molar-refractivity contribution in [1.29, 1.82) is 0 Å². The zero-order chi connectivity index (χ0) is 15.6. The number of amides is 1. The van der Waals surface area contributed by atoms with Crippen molar-refractivity contribution in [1.82, 2.24) is 4.98 Å². The Morgan fingerprint density at radius 1 is 1.19 bits per heavy atom. The van der Waals surface area contributed by atoms with E-state index in [1.165, 1.54) is 18.2 Å². The second-order valence-corrected chi connectivity index (χ2v) is 4.35. The number of anilines is 1. The molecule has 0 unspecified atom stereocenters. The first-order valence-corrected chi connectivity index (χ1v) is 5.92. The SMILES string of the molecule is O=C(O)c1ccc(Cl)cc1NC(=O)c1ccnc(F)c1F. The molecule has 108 valence electrons. The molecule has 2 aromatic rings. The smallest absolute Gasteiger partial charge is 0.337 e. The molecule has 1 aromatic heterocycles. The summed E-state index contributed by atoms with van der Waals surface area (Å²) in [6, 6.07) is 4.67. The van der Waals surface area contributed by atoms with Crippen molar-refractivity contribution in [2.75, 3.05) is 5.32 Å². The lowest BCUT2D eigenvalue weighted by Crippen LogP contribution is -2.17. The van der Waals surface area contributed by atoms with Gasteiger partial charge in [0.15, 0.2) is 5.82 Å². The van der Waals surface area contributed by atoms with E-state index < -0.39 is 29.2 Å². The number of benzene rings is 1. The van der Waals surface area contributed by atoms with E-state index in [0.29, 0.717) is 0 Å².